The van der Waals surface area contributed by atoms with Gasteiger partial charge in [0.25, 0.3) is 0 Å². The molecule has 1 unspecified atom stereocenters. The smallest absolute Gasteiger partial charge is 0.225 e. The summed E-state index contributed by atoms with van der Waals surface area (Å²) in [6, 6.07) is 0. The molecule has 0 aromatic heterocycles. The molecule has 1 atom stereocenters. The van der Waals surface area contributed by atoms with Crippen molar-refractivity contribution in [2.24, 2.45) is 5.92 Å². The number of hydrogen-bond donors (Lipinski definition) is 1. The highest BCUT2D eigenvalue weighted by atomic mass is 16.3. The molecule has 2 aliphatic heterocycles. The van der Waals surface area contributed by atoms with Crippen molar-refractivity contribution in [2.75, 3.05) is 32.7 Å². The first-order valence-corrected chi connectivity index (χ1v) is 8.87. The molecule has 3 aliphatic rings. The maximum Gasteiger partial charge on any atom is 0.225 e. The number of likely N-dealkylation sites (tertiary alicyclic amines) is 2. The lowest BCUT2D eigenvalue weighted by molar-refractivity contribution is -0.136. The molecule has 0 aromatic rings. The lowest BCUT2D eigenvalue weighted by Crippen LogP contribution is -2.40. The highest BCUT2D eigenvalue weighted by Crippen LogP contribution is 2.32. The fourth-order valence-corrected chi connectivity index (χ4v) is 4.32. The molecule has 3 rings (SSSR count). The van der Waals surface area contributed by atoms with Crippen LogP contribution in [0.1, 0.15) is 57.8 Å². The fraction of sp³-hybridized carbons (Fsp3) is 0.941. The van der Waals surface area contributed by atoms with Crippen LogP contribution >= 0.6 is 0 Å². The molecule has 2 heterocycles. The van der Waals surface area contributed by atoms with Crippen LogP contribution in [0, 0.1) is 5.92 Å². The minimum absolute atomic E-state index is 0.184. The Morgan fingerprint density at radius 2 is 1.76 bits per heavy atom. The van der Waals surface area contributed by atoms with Gasteiger partial charge in [-0.25, -0.2) is 0 Å². The third-order valence-electron chi connectivity index (χ3n) is 5.62. The Kier molecular flexibility index (Phi) is 4.85. The van der Waals surface area contributed by atoms with E-state index in [0.717, 1.165) is 51.7 Å². The molecule has 120 valence electrons. The Morgan fingerprint density at radius 3 is 2.48 bits per heavy atom. The highest BCUT2D eigenvalue weighted by molar-refractivity contribution is 5.77. The van der Waals surface area contributed by atoms with Gasteiger partial charge in [0.05, 0.1) is 12.0 Å². The van der Waals surface area contributed by atoms with Gasteiger partial charge in [0, 0.05) is 19.6 Å². The van der Waals surface area contributed by atoms with Crippen LogP contribution in [0.4, 0.5) is 0 Å². The molecule has 1 aliphatic carbocycles. The van der Waals surface area contributed by atoms with E-state index in [0.29, 0.717) is 12.3 Å². The molecule has 0 spiro atoms. The van der Waals surface area contributed by atoms with Crippen LogP contribution < -0.4 is 0 Å². The van der Waals surface area contributed by atoms with E-state index in [1.54, 1.807) is 0 Å². The molecule has 0 radical (unpaired) electrons. The van der Waals surface area contributed by atoms with E-state index < -0.39 is 5.60 Å². The van der Waals surface area contributed by atoms with E-state index in [2.05, 4.69) is 4.90 Å². The second kappa shape index (κ2) is 6.66. The van der Waals surface area contributed by atoms with Crippen molar-refractivity contribution >= 4 is 5.91 Å². The monoisotopic (exact) mass is 294 g/mol. The van der Waals surface area contributed by atoms with Gasteiger partial charge >= 0.3 is 0 Å². The van der Waals surface area contributed by atoms with Crippen molar-refractivity contribution in [3.05, 3.63) is 0 Å². The molecule has 3 fully saturated rings. The largest absolute Gasteiger partial charge is 0.389 e. The van der Waals surface area contributed by atoms with Gasteiger partial charge in [-0.05, 0) is 51.1 Å². The minimum Gasteiger partial charge on any atom is -0.389 e. The van der Waals surface area contributed by atoms with Crippen molar-refractivity contribution in [3.8, 4) is 0 Å². The Bertz CT molecular complexity index is 360. The fourth-order valence-electron chi connectivity index (χ4n) is 4.32. The summed E-state index contributed by atoms with van der Waals surface area (Å²) in [7, 11) is 0. The van der Waals surface area contributed by atoms with E-state index in [1.165, 1.54) is 32.4 Å². The van der Waals surface area contributed by atoms with Crippen molar-refractivity contribution in [3.63, 3.8) is 0 Å². The van der Waals surface area contributed by atoms with Gasteiger partial charge in [0.1, 0.15) is 0 Å². The molecular weight excluding hydrogens is 264 g/mol. The third kappa shape index (κ3) is 3.98. The van der Waals surface area contributed by atoms with Crippen LogP contribution in [0.15, 0.2) is 0 Å². The zero-order valence-corrected chi connectivity index (χ0v) is 13.2. The highest BCUT2D eigenvalue weighted by Gasteiger charge is 2.35. The summed E-state index contributed by atoms with van der Waals surface area (Å²) >= 11 is 0. The van der Waals surface area contributed by atoms with Crippen LogP contribution in [0.3, 0.4) is 0 Å². The predicted octanol–water partition coefficient (Wildman–Crippen LogP) is 2.02. The Labute approximate surface area is 128 Å². The molecule has 1 amide bonds. The van der Waals surface area contributed by atoms with Gasteiger partial charge in [-0.3, -0.25) is 4.79 Å². The van der Waals surface area contributed by atoms with Gasteiger partial charge < -0.3 is 14.9 Å². The number of amides is 1. The summed E-state index contributed by atoms with van der Waals surface area (Å²) in [6.45, 7) is 5.45. The van der Waals surface area contributed by atoms with Gasteiger partial charge in [-0.1, -0.05) is 19.3 Å². The normalized spacial score (nSPS) is 30.0. The first-order valence-electron chi connectivity index (χ1n) is 8.87. The van der Waals surface area contributed by atoms with Gasteiger partial charge in [0.15, 0.2) is 0 Å². The summed E-state index contributed by atoms with van der Waals surface area (Å²) < 4.78 is 0. The Morgan fingerprint density at radius 1 is 1.05 bits per heavy atom. The van der Waals surface area contributed by atoms with E-state index >= 15 is 0 Å². The zero-order valence-electron chi connectivity index (χ0n) is 13.2. The van der Waals surface area contributed by atoms with Crippen LogP contribution in [0.25, 0.3) is 0 Å². The van der Waals surface area contributed by atoms with E-state index in [4.69, 9.17) is 0 Å². The SMILES string of the molecule is O=C(CC1(O)CCCCC1)N1CCC(CN2CCCC2)C1. The number of carbonyl (C=O) groups excluding carboxylic acids is 1. The quantitative estimate of drug-likeness (QED) is 0.862. The third-order valence-corrected chi connectivity index (χ3v) is 5.62. The van der Waals surface area contributed by atoms with E-state index in [1.807, 2.05) is 4.90 Å². The number of aliphatic hydroxyl groups is 1. The van der Waals surface area contributed by atoms with Crippen LogP contribution in [-0.4, -0.2) is 59.1 Å². The minimum atomic E-state index is -0.706. The molecule has 0 aromatic carbocycles. The van der Waals surface area contributed by atoms with Gasteiger partial charge in [-0.15, -0.1) is 0 Å². The summed E-state index contributed by atoms with van der Waals surface area (Å²) in [4.78, 5) is 17.0. The average molecular weight is 294 g/mol. The standard InChI is InChI=1S/C17H30N2O2/c20-16(12-17(21)7-2-1-3-8-17)19-11-6-15(14-19)13-18-9-4-5-10-18/h15,21H,1-14H2. The van der Waals surface area contributed by atoms with Crippen LogP contribution in [0.2, 0.25) is 0 Å². The second-order valence-electron chi connectivity index (χ2n) is 7.46. The van der Waals surface area contributed by atoms with Crippen LogP contribution in [0.5, 0.6) is 0 Å². The summed E-state index contributed by atoms with van der Waals surface area (Å²) in [5.41, 5.74) is -0.706. The van der Waals surface area contributed by atoms with Crippen LogP contribution in [-0.2, 0) is 4.79 Å². The maximum atomic E-state index is 12.5. The zero-order chi connectivity index (χ0) is 14.7. The summed E-state index contributed by atoms with van der Waals surface area (Å²) in [5.74, 6) is 0.830. The predicted molar refractivity (Wildman–Crippen MR) is 83.0 cm³/mol. The molecular formula is C17H30N2O2. The summed E-state index contributed by atoms with van der Waals surface area (Å²) in [6.07, 6.45) is 9.13. The van der Waals surface area contributed by atoms with Crippen molar-refractivity contribution in [1.82, 2.24) is 9.80 Å². The first kappa shape index (κ1) is 15.3. The maximum absolute atomic E-state index is 12.5. The van der Waals surface area contributed by atoms with Crippen molar-refractivity contribution < 1.29 is 9.90 Å². The molecule has 1 saturated carbocycles. The molecule has 0 bridgehead atoms. The summed E-state index contributed by atoms with van der Waals surface area (Å²) in [5, 5.41) is 10.5. The lowest BCUT2D eigenvalue weighted by atomic mass is 9.82. The van der Waals surface area contributed by atoms with Crippen molar-refractivity contribution in [2.45, 2.75) is 63.4 Å². The topological polar surface area (TPSA) is 43.8 Å². The number of carbonyl (C=O) groups is 1. The van der Waals surface area contributed by atoms with Gasteiger partial charge in [-0.2, -0.15) is 0 Å². The molecule has 4 heteroatoms. The molecule has 1 N–H and O–H groups in total. The van der Waals surface area contributed by atoms with E-state index in [-0.39, 0.29) is 5.91 Å². The second-order valence-corrected chi connectivity index (χ2v) is 7.46. The van der Waals surface area contributed by atoms with Gasteiger partial charge in [0.2, 0.25) is 5.91 Å². The lowest BCUT2D eigenvalue weighted by Gasteiger charge is -2.33. The van der Waals surface area contributed by atoms with Crippen molar-refractivity contribution in [1.29, 1.82) is 0 Å². The Balaban J connectivity index is 1.45. The Hall–Kier alpha value is -0.610. The number of hydrogen-bond acceptors (Lipinski definition) is 3. The van der Waals surface area contributed by atoms with E-state index in [9.17, 15) is 9.90 Å². The average Bonchev–Trinajstić information content (AvgIpc) is 3.11. The molecule has 2 saturated heterocycles. The molecule has 4 nitrogen and oxygen atoms in total. The first-order chi connectivity index (χ1) is 10.1. The number of rotatable bonds is 4. The number of nitrogens with zero attached hydrogens (tertiary/aromatic N) is 2. The molecule has 21 heavy (non-hydrogen) atoms.